The van der Waals surface area contributed by atoms with Crippen molar-refractivity contribution in [3.63, 3.8) is 0 Å². The number of hydrogen-bond acceptors (Lipinski definition) is 10. The van der Waals surface area contributed by atoms with Gasteiger partial charge in [-0.25, -0.2) is 14.4 Å². The summed E-state index contributed by atoms with van der Waals surface area (Å²) in [7, 11) is 1.44. The van der Waals surface area contributed by atoms with Crippen LogP contribution in [0, 0.1) is 5.82 Å². The minimum absolute atomic E-state index is 0.0234. The topological polar surface area (TPSA) is 164 Å². The lowest BCUT2D eigenvalue weighted by Gasteiger charge is -2.27. The molecule has 4 amide bonds. The molecule has 3 aliphatic heterocycles. The van der Waals surface area contributed by atoms with Crippen molar-refractivity contribution < 1.29 is 37.8 Å². The van der Waals surface area contributed by atoms with Crippen LogP contribution in [0.15, 0.2) is 48.8 Å². The first-order valence-corrected chi connectivity index (χ1v) is 16.7. The van der Waals surface area contributed by atoms with Crippen LogP contribution in [0.2, 0.25) is 0 Å². The second kappa shape index (κ2) is 17.4. The fourth-order valence-corrected chi connectivity index (χ4v) is 5.55. The van der Waals surface area contributed by atoms with Gasteiger partial charge in [-0.05, 0) is 55.2 Å². The van der Waals surface area contributed by atoms with Gasteiger partial charge in [0.25, 0.3) is 11.8 Å². The van der Waals surface area contributed by atoms with Crippen LogP contribution in [0.1, 0.15) is 58.9 Å². The second-order valence-corrected chi connectivity index (χ2v) is 11.9. The summed E-state index contributed by atoms with van der Waals surface area (Å²) in [5, 5.41) is 8.36. The molecule has 2 aromatic carbocycles. The number of anilines is 1. The molecule has 0 unspecified atom stereocenters. The van der Waals surface area contributed by atoms with E-state index in [1.807, 2.05) is 4.90 Å². The molecule has 50 heavy (non-hydrogen) atoms. The molecule has 3 aromatic rings. The number of nitrogens with zero attached hydrogens (tertiary/aromatic N) is 4. The zero-order valence-electron chi connectivity index (χ0n) is 28.2. The number of aromatic nitrogens is 2. The maximum Gasteiger partial charge on any atom is 0.256 e. The highest BCUT2D eigenvalue weighted by Gasteiger charge is 2.22. The van der Waals surface area contributed by atoms with E-state index in [0.29, 0.717) is 68.4 Å². The third kappa shape index (κ3) is 9.43. The number of hydrogen-bond donors (Lipinski definition) is 3. The maximum atomic E-state index is 15.1. The van der Waals surface area contributed by atoms with Crippen LogP contribution in [0.25, 0.3) is 0 Å². The van der Waals surface area contributed by atoms with Gasteiger partial charge in [0.05, 0.1) is 25.9 Å². The number of benzene rings is 2. The van der Waals surface area contributed by atoms with Crippen molar-refractivity contribution in [3.05, 3.63) is 71.3 Å². The quantitative estimate of drug-likeness (QED) is 0.371. The Hall–Kier alpha value is -5.31. The predicted molar refractivity (Wildman–Crippen MR) is 181 cm³/mol. The van der Waals surface area contributed by atoms with E-state index in [2.05, 4.69) is 25.9 Å². The zero-order chi connectivity index (χ0) is 35.5. The SMILES string of the molecule is CC[C@@H]1NC(=O)CCCN(C(=O)c2cnc(N3CCOCC3)nc2)CCCNC(=O)c2ccc(OC)c(c2)Oc2ccc(cc2F)CNC1=O. The fraction of sp³-hybridized carbons (Fsp3) is 0.429. The molecule has 0 saturated carbocycles. The smallest absolute Gasteiger partial charge is 0.256 e. The van der Waals surface area contributed by atoms with E-state index in [-0.39, 0.29) is 61.5 Å². The van der Waals surface area contributed by atoms with Gasteiger partial charge in [0, 0.05) is 63.6 Å². The molecule has 3 N–H and O–H groups in total. The Morgan fingerprint density at radius 2 is 1.74 bits per heavy atom. The molecular formula is C35H42FN7O7. The van der Waals surface area contributed by atoms with Gasteiger partial charge in [0.2, 0.25) is 17.8 Å². The van der Waals surface area contributed by atoms with Crippen molar-refractivity contribution in [2.45, 2.75) is 45.2 Å². The first-order valence-electron chi connectivity index (χ1n) is 16.7. The average Bonchev–Trinajstić information content (AvgIpc) is 3.14. The maximum absolute atomic E-state index is 15.1. The summed E-state index contributed by atoms with van der Waals surface area (Å²) in [6.45, 7) is 5.02. The van der Waals surface area contributed by atoms with Gasteiger partial charge >= 0.3 is 0 Å². The number of methoxy groups -OCH3 is 1. The van der Waals surface area contributed by atoms with Crippen molar-refractivity contribution in [3.8, 4) is 17.2 Å². The van der Waals surface area contributed by atoms with Crippen LogP contribution < -0.4 is 30.3 Å². The Kier molecular flexibility index (Phi) is 12.5. The Balaban J connectivity index is 1.33. The molecule has 0 aliphatic carbocycles. The minimum atomic E-state index is -0.792. The molecule has 1 fully saturated rings. The van der Waals surface area contributed by atoms with Gasteiger partial charge < -0.3 is 40.0 Å². The Bertz CT molecular complexity index is 1670. The average molecular weight is 692 g/mol. The normalized spacial score (nSPS) is 18.4. The Morgan fingerprint density at radius 3 is 2.46 bits per heavy atom. The van der Waals surface area contributed by atoms with Crippen LogP contribution in [0.3, 0.4) is 0 Å². The van der Waals surface area contributed by atoms with E-state index >= 15 is 4.39 Å². The molecule has 266 valence electrons. The lowest BCUT2D eigenvalue weighted by atomic mass is 10.1. The number of amides is 4. The zero-order valence-corrected chi connectivity index (χ0v) is 28.2. The van der Waals surface area contributed by atoms with Crippen LogP contribution in [-0.4, -0.2) is 97.6 Å². The van der Waals surface area contributed by atoms with E-state index in [1.165, 1.54) is 37.7 Å². The minimum Gasteiger partial charge on any atom is -0.493 e. The lowest BCUT2D eigenvalue weighted by Crippen LogP contribution is -2.46. The molecule has 1 saturated heterocycles. The third-order valence-electron chi connectivity index (χ3n) is 8.36. The van der Waals surface area contributed by atoms with E-state index in [0.717, 1.165) is 0 Å². The molecule has 6 rings (SSSR count). The van der Waals surface area contributed by atoms with Gasteiger partial charge in [0.15, 0.2) is 23.1 Å². The monoisotopic (exact) mass is 691 g/mol. The Labute approximate surface area is 289 Å². The van der Waals surface area contributed by atoms with Crippen LogP contribution in [-0.2, 0) is 20.9 Å². The summed E-state index contributed by atoms with van der Waals surface area (Å²) in [6.07, 6.45) is 4.14. The number of rotatable bonds is 4. The molecule has 4 bridgehead atoms. The third-order valence-corrected chi connectivity index (χ3v) is 8.36. The van der Waals surface area contributed by atoms with Gasteiger partial charge in [-0.2, -0.15) is 0 Å². The van der Waals surface area contributed by atoms with Crippen LogP contribution in [0.5, 0.6) is 17.2 Å². The molecular weight excluding hydrogens is 649 g/mol. The number of carbonyl (C=O) groups excluding carboxylic acids is 4. The standard InChI is InChI=1S/C35H42FN7O7/c1-3-27-33(46)38-20-23-7-9-28(26(36)18-23)50-30-19-24(8-10-29(30)48-2)32(45)37-11-5-13-42(12-4-6-31(44)41-27)34(47)25-21-39-35(40-22-25)43-14-16-49-17-15-43/h7-10,18-19,21-22,27H,3-6,11-17,20H2,1-2H3,(H,37,45)(H,38,46)(H,41,44)/t27-/m0/s1. The number of carbonyl (C=O) groups is 4. The Morgan fingerprint density at radius 1 is 0.980 bits per heavy atom. The molecule has 1 atom stereocenters. The van der Waals surface area contributed by atoms with Gasteiger partial charge in [-0.15, -0.1) is 0 Å². The summed E-state index contributed by atoms with van der Waals surface area (Å²) in [5.74, 6) is -1.27. The summed E-state index contributed by atoms with van der Waals surface area (Å²) < 4.78 is 31.7. The van der Waals surface area contributed by atoms with Gasteiger partial charge in [-0.3, -0.25) is 19.2 Å². The summed E-state index contributed by atoms with van der Waals surface area (Å²) in [6, 6.07) is 8.06. The fourth-order valence-electron chi connectivity index (χ4n) is 5.55. The molecule has 15 heteroatoms. The van der Waals surface area contributed by atoms with E-state index < -0.39 is 23.7 Å². The highest BCUT2D eigenvalue weighted by atomic mass is 19.1. The van der Waals surface area contributed by atoms with Gasteiger partial charge in [-0.1, -0.05) is 13.0 Å². The molecule has 0 spiro atoms. The largest absolute Gasteiger partial charge is 0.493 e. The number of halogens is 1. The molecule has 3 aliphatic rings. The van der Waals surface area contributed by atoms with E-state index in [9.17, 15) is 19.2 Å². The van der Waals surface area contributed by atoms with Crippen molar-refractivity contribution in [2.24, 2.45) is 0 Å². The number of morpholine rings is 1. The molecule has 14 nitrogen and oxygen atoms in total. The second-order valence-electron chi connectivity index (χ2n) is 11.9. The summed E-state index contributed by atoms with van der Waals surface area (Å²) in [5.41, 5.74) is 1.04. The van der Waals surface area contributed by atoms with Crippen molar-refractivity contribution >= 4 is 29.6 Å². The van der Waals surface area contributed by atoms with Crippen LogP contribution >= 0.6 is 0 Å². The first kappa shape index (κ1) is 36.0. The van der Waals surface area contributed by atoms with Gasteiger partial charge in [0.1, 0.15) is 6.04 Å². The van der Waals surface area contributed by atoms with Crippen molar-refractivity contribution in [1.82, 2.24) is 30.8 Å². The highest BCUT2D eigenvalue weighted by Crippen LogP contribution is 2.34. The van der Waals surface area contributed by atoms with Crippen molar-refractivity contribution in [1.29, 1.82) is 0 Å². The summed E-state index contributed by atoms with van der Waals surface area (Å²) in [4.78, 5) is 64.9. The molecule has 1 aromatic heterocycles. The molecule has 0 radical (unpaired) electrons. The lowest BCUT2D eigenvalue weighted by molar-refractivity contribution is -0.129. The first-order chi connectivity index (χ1) is 24.2. The molecule has 4 heterocycles. The number of ether oxygens (including phenoxy) is 3. The number of fused-ring (bicyclic) bond motifs is 16. The summed E-state index contributed by atoms with van der Waals surface area (Å²) >= 11 is 0. The predicted octanol–water partition coefficient (Wildman–Crippen LogP) is 2.82. The highest BCUT2D eigenvalue weighted by molar-refractivity contribution is 5.95. The van der Waals surface area contributed by atoms with Crippen LogP contribution in [0.4, 0.5) is 10.3 Å². The number of nitrogens with one attached hydrogen (secondary N) is 3. The van der Waals surface area contributed by atoms with E-state index in [1.54, 1.807) is 30.0 Å². The van der Waals surface area contributed by atoms with E-state index in [4.69, 9.17) is 14.2 Å². The van der Waals surface area contributed by atoms with Crippen molar-refractivity contribution in [2.75, 3.05) is 57.9 Å².